The normalized spacial score (nSPS) is 10.2. The topological polar surface area (TPSA) is 69.6 Å². The predicted octanol–water partition coefficient (Wildman–Crippen LogP) is 1.01. The van der Waals surface area contributed by atoms with Crippen LogP contribution in [-0.2, 0) is 0 Å². The average Bonchev–Trinajstić information content (AvgIpc) is 2.47. The third-order valence-electron chi connectivity index (χ3n) is 1.52. The van der Waals surface area contributed by atoms with Gasteiger partial charge in [-0.2, -0.15) is 0 Å². The van der Waals surface area contributed by atoms with Gasteiger partial charge in [0.05, 0.1) is 0 Å². The first-order valence-electron chi connectivity index (χ1n) is 3.54. The van der Waals surface area contributed by atoms with Crippen molar-refractivity contribution in [3.63, 3.8) is 0 Å². The smallest absolute Gasteiger partial charge is 0.207 e. The summed E-state index contributed by atoms with van der Waals surface area (Å²) in [5.74, 6) is 1.09. The molecule has 0 amide bonds. The van der Waals surface area contributed by atoms with Crippen molar-refractivity contribution >= 4 is 21.9 Å². The van der Waals surface area contributed by atoms with Crippen LogP contribution in [0.5, 0.6) is 0 Å². The molecule has 0 bridgehead atoms. The fourth-order valence-electron chi connectivity index (χ4n) is 0.975. The lowest BCUT2D eigenvalue weighted by Gasteiger charge is -2.00. The number of hydrogen-bond donors (Lipinski definition) is 1. The van der Waals surface area contributed by atoms with Crippen LogP contribution in [0.1, 0.15) is 0 Å². The number of rotatable bonds is 1. The lowest BCUT2D eigenvalue weighted by Crippen LogP contribution is -2.01. The summed E-state index contributed by atoms with van der Waals surface area (Å²) in [5.41, 5.74) is 5.63. The minimum Gasteiger partial charge on any atom is -0.369 e. The van der Waals surface area contributed by atoms with Gasteiger partial charge in [0.1, 0.15) is 16.7 Å². The van der Waals surface area contributed by atoms with E-state index < -0.39 is 0 Å². The van der Waals surface area contributed by atoms with Crippen molar-refractivity contribution in [2.24, 2.45) is 0 Å². The van der Waals surface area contributed by atoms with Crippen molar-refractivity contribution in [2.75, 3.05) is 5.73 Å². The van der Waals surface area contributed by atoms with Crippen molar-refractivity contribution in [3.8, 4) is 5.82 Å². The number of nitrogens with two attached hydrogens (primary N) is 1. The third kappa shape index (κ3) is 1.52. The quantitative estimate of drug-likeness (QED) is 0.807. The van der Waals surface area contributed by atoms with Crippen LogP contribution < -0.4 is 5.73 Å². The van der Waals surface area contributed by atoms with Gasteiger partial charge >= 0.3 is 0 Å². The summed E-state index contributed by atoms with van der Waals surface area (Å²) < 4.78 is 2.36. The highest BCUT2D eigenvalue weighted by Gasteiger charge is 2.04. The molecular weight excluding hydrogens is 234 g/mol. The average molecular weight is 240 g/mol. The molecule has 66 valence electrons. The maximum Gasteiger partial charge on any atom is 0.207 e. The van der Waals surface area contributed by atoms with Crippen LogP contribution in [0, 0.1) is 0 Å². The first-order chi connectivity index (χ1) is 6.27. The Balaban J connectivity index is 2.53. The summed E-state index contributed by atoms with van der Waals surface area (Å²) in [6.45, 7) is 0. The second kappa shape index (κ2) is 3.14. The van der Waals surface area contributed by atoms with Gasteiger partial charge in [-0.3, -0.25) is 4.57 Å². The highest BCUT2D eigenvalue weighted by atomic mass is 79.9. The minimum absolute atomic E-state index is 0.394. The van der Waals surface area contributed by atoms with Crippen molar-refractivity contribution in [1.82, 2.24) is 19.5 Å². The van der Waals surface area contributed by atoms with E-state index in [1.54, 1.807) is 23.0 Å². The van der Waals surface area contributed by atoms with Crippen molar-refractivity contribution in [1.29, 1.82) is 0 Å². The monoisotopic (exact) mass is 239 g/mol. The molecule has 0 aliphatic heterocycles. The van der Waals surface area contributed by atoms with Crippen LogP contribution >= 0.6 is 15.9 Å². The number of anilines is 1. The summed E-state index contributed by atoms with van der Waals surface area (Å²) in [4.78, 5) is 11.8. The van der Waals surface area contributed by atoms with Crippen LogP contribution in [-0.4, -0.2) is 19.5 Å². The van der Waals surface area contributed by atoms with Gasteiger partial charge in [-0.1, -0.05) is 0 Å². The molecule has 2 aromatic rings. The van der Waals surface area contributed by atoms with Gasteiger partial charge in [0.25, 0.3) is 0 Å². The molecule has 2 N–H and O–H groups in total. The fourth-order valence-corrected chi connectivity index (χ4v) is 1.36. The fraction of sp³-hybridized carbons (Fsp3) is 0. The zero-order valence-electron chi connectivity index (χ0n) is 6.55. The Morgan fingerprint density at radius 1 is 1.46 bits per heavy atom. The lowest BCUT2D eigenvalue weighted by atomic mass is 10.6. The highest BCUT2D eigenvalue weighted by molar-refractivity contribution is 9.10. The first kappa shape index (κ1) is 8.18. The molecule has 6 heteroatoms. The number of nitrogen functional groups attached to an aromatic ring is 1. The van der Waals surface area contributed by atoms with E-state index in [1.165, 1.54) is 6.33 Å². The molecule has 0 aliphatic carbocycles. The number of halogens is 1. The van der Waals surface area contributed by atoms with E-state index in [0.29, 0.717) is 16.4 Å². The molecule has 0 radical (unpaired) electrons. The number of aromatic nitrogens is 4. The van der Waals surface area contributed by atoms with Gasteiger partial charge in [0.15, 0.2) is 0 Å². The van der Waals surface area contributed by atoms with Crippen molar-refractivity contribution < 1.29 is 0 Å². The maximum atomic E-state index is 5.63. The van der Waals surface area contributed by atoms with Crippen LogP contribution in [0.25, 0.3) is 5.82 Å². The molecule has 0 fully saturated rings. The van der Waals surface area contributed by atoms with Crippen LogP contribution in [0.3, 0.4) is 0 Å². The van der Waals surface area contributed by atoms with Crippen molar-refractivity contribution in [2.45, 2.75) is 0 Å². The number of imidazole rings is 1. The molecule has 0 aromatic carbocycles. The van der Waals surface area contributed by atoms with E-state index in [0.717, 1.165) is 0 Å². The van der Waals surface area contributed by atoms with Gasteiger partial charge in [-0.05, 0) is 22.0 Å². The molecule has 0 atom stereocenters. The van der Waals surface area contributed by atoms with Gasteiger partial charge in [0.2, 0.25) is 5.95 Å². The van der Waals surface area contributed by atoms with Gasteiger partial charge in [-0.25, -0.2) is 15.0 Å². The Hall–Kier alpha value is -1.43. The summed E-state index contributed by atoms with van der Waals surface area (Å²) in [7, 11) is 0. The first-order valence-corrected chi connectivity index (χ1v) is 4.33. The Kier molecular flexibility index (Phi) is 1.97. The van der Waals surface area contributed by atoms with Crippen LogP contribution in [0.15, 0.2) is 29.4 Å². The number of nitrogens with zero attached hydrogens (tertiary/aromatic N) is 4. The largest absolute Gasteiger partial charge is 0.369 e. The Labute approximate surface area is 82.8 Å². The molecule has 2 aromatic heterocycles. The van der Waals surface area contributed by atoms with Crippen LogP contribution in [0.4, 0.5) is 5.95 Å². The Bertz CT molecular complexity index is 410. The molecule has 13 heavy (non-hydrogen) atoms. The SMILES string of the molecule is Nc1nc(Br)cn1-c1ccncn1. The summed E-state index contributed by atoms with van der Waals surface area (Å²) >= 11 is 3.22. The Morgan fingerprint density at radius 2 is 2.31 bits per heavy atom. The molecule has 2 rings (SSSR count). The maximum absolute atomic E-state index is 5.63. The molecule has 0 aliphatic rings. The van der Waals surface area contributed by atoms with E-state index in [2.05, 4.69) is 30.9 Å². The van der Waals surface area contributed by atoms with E-state index in [4.69, 9.17) is 5.73 Å². The Morgan fingerprint density at radius 3 is 2.85 bits per heavy atom. The standard InChI is InChI=1S/C7H6BrN5/c8-5-3-13(7(9)12-5)6-1-2-10-4-11-6/h1-4H,(H2,9,12). The molecular formula is C7H6BrN5. The molecule has 0 saturated heterocycles. The summed E-state index contributed by atoms with van der Waals surface area (Å²) in [5, 5.41) is 0. The molecule has 5 nitrogen and oxygen atoms in total. The van der Waals surface area contributed by atoms with Gasteiger partial charge in [0, 0.05) is 12.4 Å². The molecule has 2 heterocycles. The lowest BCUT2D eigenvalue weighted by molar-refractivity contribution is 0.982. The minimum atomic E-state index is 0.394. The van der Waals surface area contributed by atoms with Gasteiger partial charge in [-0.15, -0.1) is 0 Å². The summed E-state index contributed by atoms with van der Waals surface area (Å²) in [6, 6.07) is 1.75. The second-order valence-electron chi connectivity index (χ2n) is 2.36. The zero-order valence-corrected chi connectivity index (χ0v) is 8.14. The molecule has 0 unspecified atom stereocenters. The van der Waals surface area contributed by atoms with Gasteiger partial charge < -0.3 is 5.73 Å². The zero-order chi connectivity index (χ0) is 9.26. The summed E-state index contributed by atoms with van der Waals surface area (Å²) in [6.07, 6.45) is 4.86. The molecule has 0 saturated carbocycles. The van der Waals surface area contributed by atoms with E-state index in [-0.39, 0.29) is 0 Å². The van der Waals surface area contributed by atoms with E-state index >= 15 is 0 Å². The predicted molar refractivity (Wildman–Crippen MR) is 51.3 cm³/mol. The van der Waals surface area contributed by atoms with E-state index in [1.807, 2.05) is 0 Å². The van der Waals surface area contributed by atoms with E-state index in [9.17, 15) is 0 Å². The highest BCUT2D eigenvalue weighted by Crippen LogP contribution is 2.14. The molecule has 0 spiro atoms. The second-order valence-corrected chi connectivity index (χ2v) is 3.17. The third-order valence-corrected chi connectivity index (χ3v) is 1.90. The van der Waals surface area contributed by atoms with Crippen LogP contribution in [0.2, 0.25) is 0 Å². The van der Waals surface area contributed by atoms with Crippen molar-refractivity contribution in [3.05, 3.63) is 29.4 Å². The number of hydrogen-bond acceptors (Lipinski definition) is 4.